The molecule has 0 radical (unpaired) electrons. The number of amides is 1. The standard InChI is InChI=1S/C25H34N6O2/c1-2-33-29-24(22-5-3-4-11-27-22)20-9-15-31(16-10-20)25(32)21-7-13-30(14-8-21)18-19-6-12-28-23(26)17-19/h3-6,11-12,17,20-21H,2,7-10,13-16,18H2,1H3,(H2,26,28). The minimum Gasteiger partial charge on any atom is -0.396 e. The maximum atomic E-state index is 13.2. The van der Waals surface area contributed by atoms with Gasteiger partial charge in [0, 0.05) is 43.9 Å². The minimum atomic E-state index is 0.118. The summed E-state index contributed by atoms with van der Waals surface area (Å²) in [7, 11) is 0. The SMILES string of the molecule is CCON=C(c1ccccn1)C1CCN(C(=O)C2CCN(Cc3ccnc(N)c3)CC2)CC1. The molecule has 1 amide bonds. The van der Waals surface area contributed by atoms with Gasteiger partial charge in [-0.25, -0.2) is 4.98 Å². The zero-order chi connectivity index (χ0) is 23.0. The van der Waals surface area contributed by atoms with E-state index in [1.807, 2.05) is 37.3 Å². The van der Waals surface area contributed by atoms with E-state index in [4.69, 9.17) is 10.6 Å². The first-order valence-electron chi connectivity index (χ1n) is 12.0. The number of aromatic nitrogens is 2. The van der Waals surface area contributed by atoms with Crippen molar-refractivity contribution < 1.29 is 9.63 Å². The van der Waals surface area contributed by atoms with E-state index in [9.17, 15) is 4.79 Å². The Hall–Kier alpha value is -3.00. The first-order chi connectivity index (χ1) is 16.1. The van der Waals surface area contributed by atoms with E-state index >= 15 is 0 Å². The Labute approximate surface area is 195 Å². The molecule has 8 nitrogen and oxygen atoms in total. The zero-order valence-electron chi connectivity index (χ0n) is 19.4. The van der Waals surface area contributed by atoms with Gasteiger partial charge in [0.15, 0.2) is 0 Å². The summed E-state index contributed by atoms with van der Waals surface area (Å²) in [6.07, 6.45) is 7.12. The van der Waals surface area contributed by atoms with Crippen LogP contribution in [0, 0.1) is 11.8 Å². The number of pyridine rings is 2. The van der Waals surface area contributed by atoms with Crippen molar-refractivity contribution in [2.24, 2.45) is 17.0 Å². The van der Waals surface area contributed by atoms with Gasteiger partial charge in [-0.3, -0.25) is 14.7 Å². The number of anilines is 1. The summed E-state index contributed by atoms with van der Waals surface area (Å²) in [6.45, 7) is 6.70. The van der Waals surface area contributed by atoms with Crippen LogP contribution in [-0.2, 0) is 16.2 Å². The lowest BCUT2D eigenvalue weighted by atomic mass is 9.88. The maximum absolute atomic E-state index is 13.2. The van der Waals surface area contributed by atoms with Crippen LogP contribution in [0.5, 0.6) is 0 Å². The molecule has 0 aliphatic carbocycles. The molecule has 2 N–H and O–H groups in total. The van der Waals surface area contributed by atoms with Crippen molar-refractivity contribution in [2.45, 2.75) is 39.2 Å². The van der Waals surface area contributed by atoms with Crippen LogP contribution in [0.2, 0.25) is 0 Å². The second kappa shape index (κ2) is 11.2. The number of hydrogen-bond donors (Lipinski definition) is 1. The number of hydrogen-bond acceptors (Lipinski definition) is 7. The molecule has 4 heterocycles. The van der Waals surface area contributed by atoms with Gasteiger partial charge in [0.1, 0.15) is 18.1 Å². The molecule has 33 heavy (non-hydrogen) atoms. The van der Waals surface area contributed by atoms with Gasteiger partial charge in [0.25, 0.3) is 0 Å². The number of likely N-dealkylation sites (tertiary alicyclic amines) is 2. The molecule has 2 aromatic rings. The highest BCUT2D eigenvalue weighted by Crippen LogP contribution is 2.26. The summed E-state index contributed by atoms with van der Waals surface area (Å²) < 4.78 is 0. The van der Waals surface area contributed by atoms with Gasteiger partial charge in [-0.05, 0) is 75.5 Å². The van der Waals surface area contributed by atoms with Crippen LogP contribution in [0.25, 0.3) is 0 Å². The van der Waals surface area contributed by atoms with Crippen LogP contribution in [0.1, 0.15) is 43.9 Å². The van der Waals surface area contributed by atoms with Crippen LogP contribution >= 0.6 is 0 Å². The van der Waals surface area contributed by atoms with Crippen molar-refractivity contribution in [3.05, 3.63) is 54.0 Å². The van der Waals surface area contributed by atoms with Gasteiger partial charge in [0.05, 0.1) is 5.69 Å². The summed E-state index contributed by atoms with van der Waals surface area (Å²) >= 11 is 0. The largest absolute Gasteiger partial charge is 0.396 e. The number of oxime groups is 1. The van der Waals surface area contributed by atoms with Gasteiger partial charge in [-0.1, -0.05) is 11.2 Å². The van der Waals surface area contributed by atoms with Crippen LogP contribution < -0.4 is 5.73 Å². The smallest absolute Gasteiger partial charge is 0.225 e. The molecule has 0 atom stereocenters. The fraction of sp³-hybridized carbons (Fsp3) is 0.520. The van der Waals surface area contributed by atoms with Gasteiger partial charge >= 0.3 is 0 Å². The summed E-state index contributed by atoms with van der Waals surface area (Å²) in [6, 6.07) is 9.78. The van der Waals surface area contributed by atoms with Crippen molar-refractivity contribution >= 4 is 17.4 Å². The molecule has 4 rings (SSSR count). The molecule has 8 heteroatoms. The van der Waals surface area contributed by atoms with E-state index < -0.39 is 0 Å². The number of piperidine rings is 2. The Morgan fingerprint density at radius 3 is 2.48 bits per heavy atom. The fourth-order valence-electron chi connectivity index (χ4n) is 4.80. The Morgan fingerprint density at radius 1 is 1.06 bits per heavy atom. The lowest BCUT2D eigenvalue weighted by Crippen LogP contribution is -2.46. The number of nitrogens with zero attached hydrogens (tertiary/aromatic N) is 5. The molecule has 0 spiro atoms. The quantitative estimate of drug-likeness (QED) is 0.515. The highest BCUT2D eigenvalue weighted by atomic mass is 16.6. The van der Waals surface area contributed by atoms with Gasteiger partial charge < -0.3 is 15.5 Å². The normalized spacial score (nSPS) is 18.9. The van der Waals surface area contributed by atoms with Crippen molar-refractivity contribution in [1.82, 2.24) is 19.8 Å². The van der Waals surface area contributed by atoms with E-state index in [0.29, 0.717) is 18.3 Å². The third kappa shape index (κ3) is 6.07. The van der Waals surface area contributed by atoms with Crippen LogP contribution in [0.15, 0.2) is 47.9 Å². The average molecular weight is 451 g/mol. The van der Waals surface area contributed by atoms with E-state index in [-0.39, 0.29) is 11.8 Å². The second-order valence-corrected chi connectivity index (χ2v) is 8.85. The topological polar surface area (TPSA) is 96.9 Å². The van der Waals surface area contributed by atoms with Gasteiger partial charge in [-0.2, -0.15) is 0 Å². The molecule has 2 saturated heterocycles. The summed E-state index contributed by atoms with van der Waals surface area (Å²) in [4.78, 5) is 31.6. The number of carbonyl (C=O) groups is 1. The Morgan fingerprint density at radius 2 is 1.82 bits per heavy atom. The first-order valence-corrected chi connectivity index (χ1v) is 12.0. The van der Waals surface area contributed by atoms with Crippen molar-refractivity contribution in [1.29, 1.82) is 0 Å². The number of rotatable bonds is 7. The van der Waals surface area contributed by atoms with E-state index in [1.54, 1.807) is 12.4 Å². The van der Waals surface area contributed by atoms with Crippen molar-refractivity contribution in [2.75, 3.05) is 38.5 Å². The molecular formula is C25H34N6O2. The summed E-state index contributed by atoms with van der Waals surface area (Å²) in [5, 5.41) is 4.38. The summed E-state index contributed by atoms with van der Waals surface area (Å²) in [5.74, 6) is 1.23. The summed E-state index contributed by atoms with van der Waals surface area (Å²) in [5.41, 5.74) is 8.73. The van der Waals surface area contributed by atoms with Crippen LogP contribution in [0.3, 0.4) is 0 Å². The highest BCUT2D eigenvalue weighted by Gasteiger charge is 2.32. The molecular weight excluding hydrogens is 416 g/mol. The zero-order valence-corrected chi connectivity index (χ0v) is 19.4. The third-order valence-corrected chi connectivity index (χ3v) is 6.60. The predicted molar refractivity (Wildman–Crippen MR) is 128 cm³/mol. The predicted octanol–water partition coefficient (Wildman–Crippen LogP) is 2.95. The van der Waals surface area contributed by atoms with E-state index in [1.165, 1.54) is 5.56 Å². The molecule has 176 valence electrons. The average Bonchev–Trinajstić information content (AvgIpc) is 2.85. The lowest BCUT2D eigenvalue weighted by molar-refractivity contribution is -0.138. The molecule has 0 bridgehead atoms. The van der Waals surface area contributed by atoms with E-state index in [0.717, 1.165) is 69.8 Å². The molecule has 0 aromatic carbocycles. The molecule has 2 fully saturated rings. The number of carbonyl (C=O) groups excluding carboxylic acids is 1. The Balaban J connectivity index is 1.28. The Kier molecular flexibility index (Phi) is 7.88. The van der Waals surface area contributed by atoms with Crippen molar-refractivity contribution in [3.63, 3.8) is 0 Å². The van der Waals surface area contributed by atoms with Gasteiger partial charge in [0.2, 0.25) is 5.91 Å². The van der Waals surface area contributed by atoms with E-state index in [2.05, 4.69) is 24.9 Å². The first kappa shape index (κ1) is 23.2. The molecule has 0 unspecified atom stereocenters. The monoisotopic (exact) mass is 450 g/mol. The molecule has 2 aliphatic heterocycles. The van der Waals surface area contributed by atoms with Crippen molar-refractivity contribution in [3.8, 4) is 0 Å². The van der Waals surface area contributed by atoms with Crippen LogP contribution in [0.4, 0.5) is 5.82 Å². The van der Waals surface area contributed by atoms with Crippen LogP contribution in [-0.4, -0.2) is 64.2 Å². The second-order valence-electron chi connectivity index (χ2n) is 8.85. The van der Waals surface area contributed by atoms with Gasteiger partial charge in [-0.15, -0.1) is 0 Å². The fourth-order valence-corrected chi connectivity index (χ4v) is 4.80. The number of nitrogens with two attached hydrogens (primary N) is 1. The molecule has 2 aliphatic rings. The lowest BCUT2D eigenvalue weighted by Gasteiger charge is -2.37. The maximum Gasteiger partial charge on any atom is 0.225 e. The molecule has 0 saturated carbocycles. The highest BCUT2D eigenvalue weighted by molar-refractivity contribution is 6.00. The number of nitrogen functional groups attached to an aromatic ring is 1. The Bertz CT molecular complexity index is 935. The third-order valence-electron chi connectivity index (χ3n) is 6.60. The minimum absolute atomic E-state index is 0.118. The molecule has 2 aromatic heterocycles.